The standard InChI is InChI=1S/C22H27N3O2/c1-15-10-19(16(2)27-15)21(26)23-20-17-11-24-8-9-25(12-17)14-22(20,13-24)18-6-4-3-5-7-18/h3-7,10,17,20H,8-9,11-14H2,1-2H3,(H,23,26). The Morgan fingerprint density at radius 1 is 1.11 bits per heavy atom. The van der Waals surface area contributed by atoms with Crippen LogP contribution in [0.3, 0.4) is 0 Å². The summed E-state index contributed by atoms with van der Waals surface area (Å²) in [6, 6.07) is 12.8. The van der Waals surface area contributed by atoms with Crippen molar-refractivity contribution in [1.82, 2.24) is 15.1 Å². The maximum atomic E-state index is 13.1. The van der Waals surface area contributed by atoms with Gasteiger partial charge < -0.3 is 19.5 Å². The van der Waals surface area contributed by atoms with Gasteiger partial charge in [-0.25, -0.2) is 0 Å². The van der Waals surface area contributed by atoms with Gasteiger partial charge in [-0.15, -0.1) is 0 Å². The van der Waals surface area contributed by atoms with E-state index in [1.165, 1.54) is 5.56 Å². The number of carbonyl (C=O) groups excluding carboxylic acids is 1. The van der Waals surface area contributed by atoms with Crippen LogP contribution in [0, 0.1) is 19.8 Å². The van der Waals surface area contributed by atoms with Crippen molar-refractivity contribution < 1.29 is 9.21 Å². The van der Waals surface area contributed by atoms with E-state index >= 15 is 0 Å². The molecule has 0 aliphatic carbocycles. The Morgan fingerprint density at radius 3 is 2.37 bits per heavy atom. The van der Waals surface area contributed by atoms with Gasteiger partial charge in [0.2, 0.25) is 0 Å². The van der Waals surface area contributed by atoms with Crippen molar-refractivity contribution in [3.8, 4) is 0 Å². The highest BCUT2D eigenvalue weighted by atomic mass is 16.3. The van der Waals surface area contributed by atoms with Crippen molar-refractivity contribution in [2.75, 3.05) is 39.3 Å². The van der Waals surface area contributed by atoms with E-state index in [4.69, 9.17) is 4.42 Å². The van der Waals surface area contributed by atoms with Gasteiger partial charge >= 0.3 is 0 Å². The van der Waals surface area contributed by atoms with Gasteiger partial charge in [0.25, 0.3) is 5.91 Å². The number of aryl methyl sites for hydroxylation is 2. The van der Waals surface area contributed by atoms with Gasteiger partial charge in [0.15, 0.2) is 0 Å². The second-order valence-electron chi connectivity index (χ2n) is 8.53. The van der Waals surface area contributed by atoms with E-state index < -0.39 is 0 Å². The largest absolute Gasteiger partial charge is 0.466 e. The predicted octanol–water partition coefficient (Wildman–Crippen LogP) is 2.19. The molecule has 4 fully saturated rings. The summed E-state index contributed by atoms with van der Waals surface area (Å²) in [5.74, 6) is 1.94. The Morgan fingerprint density at radius 2 is 1.78 bits per heavy atom. The van der Waals surface area contributed by atoms with Crippen LogP contribution in [-0.2, 0) is 5.41 Å². The van der Waals surface area contributed by atoms with E-state index in [2.05, 4.69) is 45.4 Å². The van der Waals surface area contributed by atoms with Crippen LogP contribution < -0.4 is 5.32 Å². The van der Waals surface area contributed by atoms with Crippen LogP contribution in [0.25, 0.3) is 0 Å². The Labute approximate surface area is 160 Å². The molecule has 1 N–H and O–H groups in total. The van der Waals surface area contributed by atoms with Gasteiger partial charge in [0, 0.05) is 56.6 Å². The van der Waals surface area contributed by atoms with E-state index in [0.29, 0.717) is 17.2 Å². The highest BCUT2D eigenvalue weighted by Crippen LogP contribution is 2.43. The summed E-state index contributed by atoms with van der Waals surface area (Å²) >= 11 is 0. The lowest BCUT2D eigenvalue weighted by Crippen LogP contribution is -2.70. The lowest BCUT2D eigenvalue weighted by atomic mass is 9.64. The predicted molar refractivity (Wildman–Crippen MR) is 104 cm³/mol. The summed E-state index contributed by atoms with van der Waals surface area (Å²) in [5.41, 5.74) is 1.96. The number of carbonyl (C=O) groups is 1. The van der Waals surface area contributed by atoms with Crippen LogP contribution in [0.5, 0.6) is 0 Å². The van der Waals surface area contributed by atoms with Crippen molar-refractivity contribution in [2.45, 2.75) is 25.3 Å². The minimum absolute atomic E-state index is 0.000744. The highest BCUT2D eigenvalue weighted by molar-refractivity contribution is 5.95. The lowest BCUT2D eigenvalue weighted by Gasteiger charge is -2.55. The fourth-order valence-corrected chi connectivity index (χ4v) is 5.64. The molecule has 4 aliphatic heterocycles. The number of hydrogen-bond acceptors (Lipinski definition) is 4. The number of amides is 1. The molecule has 5 heteroatoms. The molecule has 0 saturated carbocycles. The fourth-order valence-electron chi connectivity index (χ4n) is 5.64. The van der Waals surface area contributed by atoms with Gasteiger partial charge in [-0.3, -0.25) is 4.79 Å². The first kappa shape index (κ1) is 17.0. The zero-order chi connectivity index (χ0) is 18.6. The van der Waals surface area contributed by atoms with Crippen LogP contribution in [0.1, 0.15) is 27.4 Å². The average molecular weight is 365 g/mol. The summed E-state index contributed by atoms with van der Waals surface area (Å²) in [7, 11) is 0. The molecule has 27 heavy (non-hydrogen) atoms. The second kappa shape index (κ2) is 6.21. The van der Waals surface area contributed by atoms with Crippen LogP contribution in [-0.4, -0.2) is 61.0 Å². The van der Waals surface area contributed by atoms with E-state index in [-0.39, 0.29) is 17.4 Å². The number of piperidine rings is 2. The smallest absolute Gasteiger partial charge is 0.255 e. The molecule has 0 radical (unpaired) electrons. The minimum Gasteiger partial charge on any atom is -0.466 e. The average Bonchev–Trinajstić information content (AvgIpc) is 2.82. The molecule has 1 aromatic heterocycles. The van der Waals surface area contributed by atoms with Gasteiger partial charge in [0.05, 0.1) is 5.56 Å². The number of fused-ring (bicyclic) bond motifs is 1. The molecule has 5 heterocycles. The zero-order valence-corrected chi connectivity index (χ0v) is 16.1. The van der Waals surface area contributed by atoms with E-state index in [1.807, 2.05) is 19.9 Å². The zero-order valence-electron chi connectivity index (χ0n) is 16.1. The summed E-state index contributed by atoms with van der Waals surface area (Å²) in [4.78, 5) is 18.3. The van der Waals surface area contributed by atoms with Crippen LogP contribution >= 0.6 is 0 Å². The first-order chi connectivity index (χ1) is 13.0. The molecular weight excluding hydrogens is 338 g/mol. The molecule has 5 nitrogen and oxygen atoms in total. The molecule has 4 bridgehead atoms. The maximum Gasteiger partial charge on any atom is 0.255 e. The van der Waals surface area contributed by atoms with Crippen LogP contribution in [0.4, 0.5) is 0 Å². The molecule has 0 spiro atoms. The number of benzene rings is 1. The summed E-state index contributed by atoms with van der Waals surface area (Å²) in [5, 5.41) is 3.45. The van der Waals surface area contributed by atoms with Crippen molar-refractivity contribution in [3.63, 3.8) is 0 Å². The monoisotopic (exact) mass is 365 g/mol. The third kappa shape index (κ3) is 2.72. The Balaban J connectivity index is 1.53. The Kier molecular flexibility index (Phi) is 3.92. The quantitative estimate of drug-likeness (QED) is 0.906. The molecule has 142 valence electrons. The third-order valence-electron chi connectivity index (χ3n) is 6.72. The Hall–Kier alpha value is -2.11. The molecule has 2 aromatic rings. The van der Waals surface area contributed by atoms with Gasteiger partial charge in [0.1, 0.15) is 11.5 Å². The van der Waals surface area contributed by atoms with Crippen molar-refractivity contribution in [3.05, 3.63) is 59.0 Å². The first-order valence-electron chi connectivity index (χ1n) is 9.93. The number of furan rings is 1. The molecular formula is C22H27N3O2. The fraction of sp³-hybridized carbons (Fsp3) is 0.500. The first-order valence-corrected chi connectivity index (χ1v) is 9.93. The molecule has 6 rings (SSSR count). The Bertz CT molecular complexity index is 844. The molecule has 4 saturated heterocycles. The van der Waals surface area contributed by atoms with Crippen molar-refractivity contribution in [2.24, 2.45) is 5.92 Å². The molecule has 3 unspecified atom stereocenters. The topological polar surface area (TPSA) is 48.7 Å². The van der Waals surface area contributed by atoms with E-state index in [1.54, 1.807) is 0 Å². The summed E-state index contributed by atoms with van der Waals surface area (Å²) in [6.07, 6.45) is 0. The third-order valence-corrected chi connectivity index (χ3v) is 6.72. The maximum absolute atomic E-state index is 13.1. The van der Waals surface area contributed by atoms with Gasteiger partial charge in [-0.2, -0.15) is 0 Å². The molecule has 4 aliphatic rings. The van der Waals surface area contributed by atoms with Crippen LogP contribution in [0.15, 0.2) is 40.8 Å². The number of hydrogen-bond donors (Lipinski definition) is 1. The van der Waals surface area contributed by atoms with Gasteiger partial charge in [-0.1, -0.05) is 30.3 Å². The lowest BCUT2D eigenvalue weighted by molar-refractivity contribution is 0.0180. The number of nitrogens with one attached hydrogen (secondary N) is 1. The van der Waals surface area contributed by atoms with E-state index in [9.17, 15) is 4.79 Å². The number of rotatable bonds is 3. The van der Waals surface area contributed by atoms with E-state index in [0.717, 1.165) is 45.0 Å². The molecule has 3 atom stereocenters. The normalized spacial score (nSPS) is 34.4. The van der Waals surface area contributed by atoms with Crippen molar-refractivity contribution >= 4 is 5.91 Å². The summed E-state index contributed by atoms with van der Waals surface area (Å²) in [6.45, 7) is 10.2. The number of nitrogens with zero attached hydrogens (tertiary/aromatic N) is 2. The minimum atomic E-state index is -0.0543. The molecule has 1 aromatic carbocycles. The highest BCUT2D eigenvalue weighted by Gasteiger charge is 2.55. The summed E-state index contributed by atoms with van der Waals surface area (Å²) < 4.78 is 5.60. The second-order valence-corrected chi connectivity index (χ2v) is 8.53. The SMILES string of the molecule is Cc1cc(C(=O)NC2C3CN4CCN(C3)CC2(c2ccccc2)C4)c(C)o1. The molecule has 1 amide bonds. The van der Waals surface area contributed by atoms with Crippen molar-refractivity contribution in [1.29, 1.82) is 0 Å². The van der Waals surface area contributed by atoms with Crippen LogP contribution in [0.2, 0.25) is 0 Å². The van der Waals surface area contributed by atoms with Gasteiger partial charge in [-0.05, 0) is 25.5 Å².